The lowest BCUT2D eigenvalue weighted by Gasteiger charge is -2.32. The van der Waals surface area contributed by atoms with Crippen molar-refractivity contribution < 1.29 is 36.8 Å². The Hall–Kier alpha value is -2.27. The predicted octanol–water partition coefficient (Wildman–Crippen LogP) is 5.94. The van der Waals surface area contributed by atoms with E-state index in [0.29, 0.717) is 16.6 Å². The van der Waals surface area contributed by atoms with Gasteiger partial charge in [0.2, 0.25) is 0 Å². The quantitative estimate of drug-likeness (QED) is 0.336. The van der Waals surface area contributed by atoms with Crippen molar-refractivity contribution in [3.63, 3.8) is 0 Å². The van der Waals surface area contributed by atoms with E-state index in [2.05, 4.69) is 5.16 Å². The Morgan fingerprint density at radius 3 is 2.19 bits per heavy atom. The number of hydrogen-bond acceptors (Lipinski definition) is 6. The molecular weight excluding hydrogens is 533 g/mol. The average molecular weight is 558 g/mol. The second-order valence-electron chi connectivity index (χ2n) is 10.1. The molecule has 4 rings (SSSR count). The van der Waals surface area contributed by atoms with Gasteiger partial charge in [0.1, 0.15) is 6.61 Å². The molecule has 1 fully saturated rings. The van der Waals surface area contributed by atoms with Crippen molar-refractivity contribution in [3.05, 3.63) is 63.1 Å². The van der Waals surface area contributed by atoms with Crippen LogP contribution in [0.25, 0.3) is 0 Å². The van der Waals surface area contributed by atoms with Crippen LogP contribution in [0.15, 0.2) is 41.6 Å². The van der Waals surface area contributed by atoms with Crippen molar-refractivity contribution in [1.82, 2.24) is 0 Å². The highest BCUT2D eigenvalue weighted by Gasteiger charge is 2.62. The summed E-state index contributed by atoms with van der Waals surface area (Å²) in [6, 6.07) is 8.53. The van der Waals surface area contributed by atoms with Crippen LogP contribution in [-0.2, 0) is 35.9 Å². The first kappa shape index (κ1) is 27.8. The van der Waals surface area contributed by atoms with Gasteiger partial charge >= 0.3 is 19.3 Å². The molecule has 0 amide bonds. The van der Waals surface area contributed by atoms with Gasteiger partial charge in [0.05, 0.1) is 16.9 Å². The molecule has 1 atom stereocenters. The van der Waals surface area contributed by atoms with Gasteiger partial charge in [0.15, 0.2) is 0 Å². The van der Waals surface area contributed by atoms with Crippen LogP contribution in [0.3, 0.4) is 0 Å². The number of rotatable bonds is 5. The van der Waals surface area contributed by atoms with Crippen LogP contribution in [0.5, 0.6) is 0 Å². The van der Waals surface area contributed by atoms with Gasteiger partial charge in [-0.05, 0) is 68.6 Å². The molecule has 37 heavy (non-hydrogen) atoms. The summed E-state index contributed by atoms with van der Waals surface area (Å²) in [5.41, 5.74) is -2.76. The smallest absolute Gasteiger partial charge is 0.461 e. The van der Waals surface area contributed by atoms with E-state index in [4.69, 9.17) is 42.1 Å². The molecule has 1 unspecified atom stereocenters. The van der Waals surface area contributed by atoms with Gasteiger partial charge in [0, 0.05) is 29.0 Å². The molecule has 2 heterocycles. The highest BCUT2D eigenvalue weighted by molar-refractivity contribution is 6.62. The minimum atomic E-state index is -4.82. The van der Waals surface area contributed by atoms with Crippen LogP contribution in [0.2, 0.25) is 10.0 Å². The van der Waals surface area contributed by atoms with E-state index in [1.807, 2.05) is 27.7 Å². The molecule has 2 aromatic carbocycles. The predicted molar refractivity (Wildman–Crippen MR) is 134 cm³/mol. The molecule has 0 N–H and O–H groups in total. The second kappa shape index (κ2) is 9.49. The number of oxime groups is 1. The SMILES string of the molecule is CC(=O)OCc1cc(C2=NOC(c3cc(Cl)cc(Cl)c3)(C(F)(F)F)C2)ccc1B1OC(C)(C)C(C)(C)O1. The minimum absolute atomic E-state index is 0.0404. The van der Waals surface area contributed by atoms with E-state index < -0.39 is 42.5 Å². The molecule has 0 spiro atoms. The monoisotopic (exact) mass is 557 g/mol. The third kappa shape index (κ3) is 5.21. The van der Waals surface area contributed by atoms with Gasteiger partial charge < -0.3 is 18.9 Å². The van der Waals surface area contributed by atoms with E-state index in [1.54, 1.807) is 18.2 Å². The minimum Gasteiger partial charge on any atom is -0.461 e. The first-order valence-electron chi connectivity index (χ1n) is 11.5. The van der Waals surface area contributed by atoms with Crippen LogP contribution in [0.1, 0.15) is 57.7 Å². The molecule has 0 aromatic heterocycles. The molecule has 2 aliphatic rings. The van der Waals surface area contributed by atoms with E-state index in [0.717, 1.165) is 12.1 Å². The highest BCUT2D eigenvalue weighted by Crippen LogP contribution is 2.49. The van der Waals surface area contributed by atoms with E-state index in [-0.39, 0.29) is 27.9 Å². The number of halogens is 5. The second-order valence-corrected chi connectivity index (χ2v) is 10.9. The Bertz CT molecular complexity index is 1230. The molecule has 2 aliphatic heterocycles. The standard InChI is InChI=1S/C25H25BCl2F3NO5/c1-14(33)34-13-16-8-15(6-7-20(16)26-35-22(2,3)23(4,5)36-26)21-12-24(37-32-21,25(29,30)31)17-9-18(27)11-19(28)10-17/h6-11H,12-13H2,1-5H3. The van der Waals surface area contributed by atoms with Crippen molar-refractivity contribution in [2.75, 3.05) is 0 Å². The lowest BCUT2D eigenvalue weighted by atomic mass is 9.75. The van der Waals surface area contributed by atoms with E-state index in [1.165, 1.54) is 13.0 Å². The zero-order chi connectivity index (χ0) is 27.4. The maximum absolute atomic E-state index is 14.4. The summed E-state index contributed by atoms with van der Waals surface area (Å²) in [4.78, 5) is 16.6. The number of benzene rings is 2. The molecule has 12 heteroatoms. The number of carbonyl (C=O) groups is 1. The van der Waals surface area contributed by atoms with Crippen LogP contribution in [0, 0.1) is 0 Å². The molecule has 6 nitrogen and oxygen atoms in total. The van der Waals surface area contributed by atoms with Crippen molar-refractivity contribution in [1.29, 1.82) is 0 Å². The number of hydrogen-bond donors (Lipinski definition) is 0. The van der Waals surface area contributed by atoms with Gasteiger partial charge in [-0.1, -0.05) is 40.5 Å². The summed E-state index contributed by atoms with van der Waals surface area (Å²) in [6.07, 6.45) is -5.44. The lowest BCUT2D eigenvalue weighted by molar-refractivity contribution is -0.275. The average Bonchev–Trinajstić information content (AvgIpc) is 3.31. The number of esters is 1. The fourth-order valence-corrected chi connectivity index (χ4v) is 4.66. The van der Waals surface area contributed by atoms with Gasteiger partial charge in [-0.3, -0.25) is 4.79 Å². The zero-order valence-corrected chi connectivity index (χ0v) is 22.3. The summed E-state index contributed by atoms with van der Waals surface area (Å²) < 4.78 is 60.6. The van der Waals surface area contributed by atoms with Gasteiger partial charge in [-0.25, -0.2) is 0 Å². The summed E-state index contributed by atoms with van der Waals surface area (Å²) in [6.45, 7) is 8.73. The normalized spacial score (nSPS) is 22.5. The molecule has 0 bridgehead atoms. The Morgan fingerprint density at radius 2 is 1.65 bits per heavy atom. The maximum Gasteiger partial charge on any atom is 0.495 e. The van der Waals surface area contributed by atoms with Crippen LogP contribution in [0.4, 0.5) is 13.2 Å². The summed E-state index contributed by atoms with van der Waals surface area (Å²) >= 11 is 12.0. The molecule has 0 aliphatic carbocycles. The maximum atomic E-state index is 14.4. The fraction of sp³-hybridized carbons (Fsp3) is 0.440. The Kier molecular flexibility index (Phi) is 7.12. The Labute approximate surface area is 223 Å². The van der Waals surface area contributed by atoms with Crippen LogP contribution in [-0.4, -0.2) is 36.2 Å². The van der Waals surface area contributed by atoms with Crippen LogP contribution < -0.4 is 5.46 Å². The van der Waals surface area contributed by atoms with Gasteiger partial charge in [-0.15, -0.1) is 0 Å². The summed E-state index contributed by atoms with van der Waals surface area (Å²) in [5.74, 6) is -0.513. The largest absolute Gasteiger partial charge is 0.495 e. The van der Waals surface area contributed by atoms with Crippen molar-refractivity contribution in [2.24, 2.45) is 5.16 Å². The summed E-state index contributed by atoms with van der Waals surface area (Å²) in [7, 11) is -0.769. The van der Waals surface area contributed by atoms with Gasteiger partial charge in [-0.2, -0.15) is 13.2 Å². The third-order valence-electron chi connectivity index (χ3n) is 6.93. The Balaban J connectivity index is 1.71. The van der Waals surface area contributed by atoms with Crippen molar-refractivity contribution in [3.8, 4) is 0 Å². The zero-order valence-electron chi connectivity index (χ0n) is 20.8. The summed E-state index contributed by atoms with van der Waals surface area (Å²) in [5, 5.41) is 3.89. The first-order chi connectivity index (χ1) is 17.0. The van der Waals surface area contributed by atoms with Crippen LogP contribution >= 0.6 is 23.2 Å². The number of ether oxygens (including phenoxy) is 1. The first-order valence-corrected chi connectivity index (χ1v) is 12.2. The van der Waals surface area contributed by atoms with Gasteiger partial charge in [0.25, 0.3) is 5.60 Å². The molecule has 0 saturated carbocycles. The van der Waals surface area contributed by atoms with E-state index in [9.17, 15) is 18.0 Å². The van der Waals surface area contributed by atoms with E-state index >= 15 is 0 Å². The third-order valence-corrected chi connectivity index (χ3v) is 7.37. The fourth-order valence-electron chi connectivity index (χ4n) is 4.14. The lowest BCUT2D eigenvalue weighted by Crippen LogP contribution is -2.42. The number of nitrogens with zero attached hydrogens (tertiary/aromatic N) is 1. The molecule has 198 valence electrons. The van der Waals surface area contributed by atoms with Crippen molar-refractivity contribution in [2.45, 2.75) is 70.6 Å². The molecule has 1 saturated heterocycles. The highest BCUT2D eigenvalue weighted by atomic mass is 35.5. The number of carbonyl (C=O) groups excluding carboxylic acids is 1. The number of alkyl halides is 3. The Morgan fingerprint density at radius 1 is 1.05 bits per heavy atom. The molecular formula is C25H25BCl2F3NO5. The topological polar surface area (TPSA) is 66.4 Å². The van der Waals surface area contributed by atoms with Crippen molar-refractivity contribution >= 4 is 47.5 Å². The molecule has 2 aromatic rings. The molecule has 0 radical (unpaired) electrons.